The van der Waals surface area contributed by atoms with Gasteiger partial charge in [0.2, 0.25) is 0 Å². The second-order valence-corrected chi connectivity index (χ2v) is 7.31. The van der Waals surface area contributed by atoms with E-state index in [4.69, 9.17) is 15.2 Å². The summed E-state index contributed by atoms with van der Waals surface area (Å²) in [6, 6.07) is 14.7. The SMILES string of the molecule is CCOc1cc(C(=O)N2CCC(c3ccc(N)nn3)CC2)ncc1Oc1ccccc1. The first-order chi connectivity index (χ1) is 15.1. The van der Waals surface area contributed by atoms with Crippen LogP contribution in [0.1, 0.15) is 41.9 Å². The minimum atomic E-state index is -0.117. The van der Waals surface area contributed by atoms with Gasteiger partial charge >= 0.3 is 0 Å². The van der Waals surface area contributed by atoms with E-state index in [-0.39, 0.29) is 11.8 Å². The average molecular weight is 419 g/mol. The minimum absolute atomic E-state index is 0.117. The molecular formula is C23H25N5O3. The Bertz CT molecular complexity index is 1020. The van der Waals surface area contributed by atoms with Crippen molar-refractivity contribution in [1.29, 1.82) is 0 Å². The summed E-state index contributed by atoms with van der Waals surface area (Å²) in [5, 5.41) is 8.12. The highest BCUT2D eigenvalue weighted by Crippen LogP contribution is 2.32. The zero-order chi connectivity index (χ0) is 21.6. The third-order valence-electron chi connectivity index (χ3n) is 5.23. The number of anilines is 1. The van der Waals surface area contributed by atoms with Gasteiger partial charge < -0.3 is 20.1 Å². The van der Waals surface area contributed by atoms with Crippen molar-refractivity contribution in [1.82, 2.24) is 20.1 Å². The fourth-order valence-corrected chi connectivity index (χ4v) is 3.61. The molecule has 160 valence electrons. The van der Waals surface area contributed by atoms with Crippen molar-refractivity contribution in [2.75, 3.05) is 25.4 Å². The maximum Gasteiger partial charge on any atom is 0.272 e. The minimum Gasteiger partial charge on any atom is -0.490 e. The molecule has 3 aromatic rings. The van der Waals surface area contributed by atoms with Crippen molar-refractivity contribution >= 4 is 11.7 Å². The molecule has 1 amide bonds. The van der Waals surface area contributed by atoms with Crippen LogP contribution in [-0.2, 0) is 0 Å². The number of aromatic nitrogens is 3. The lowest BCUT2D eigenvalue weighted by Gasteiger charge is -2.31. The smallest absolute Gasteiger partial charge is 0.272 e. The average Bonchev–Trinajstić information content (AvgIpc) is 2.81. The van der Waals surface area contributed by atoms with E-state index in [1.54, 1.807) is 18.3 Å². The molecule has 1 aromatic carbocycles. The van der Waals surface area contributed by atoms with Crippen molar-refractivity contribution in [3.05, 3.63) is 66.1 Å². The molecule has 1 aliphatic rings. The normalized spacial score (nSPS) is 14.3. The summed E-state index contributed by atoms with van der Waals surface area (Å²) < 4.78 is 11.6. The first-order valence-electron chi connectivity index (χ1n) is 10.4. The largest absolute Gasteiger partial charge is 0.490 e. The molecule has 0 aliphatic carbocycles. The number of para-hydroxylation sites is 1. The topological polar surface area (TPSA) is 103 Å². The van der Waals surface area contributed by atoms with E-state index in [1.165, 1.54) is 0 Å². The summed E-state index contributed by atoms with van der Waals surface area (Å²) in [6.07, 6.45) is 3.18. The number of carbonyl (C=O) groups excluding carboxylic acids is 1. The molecule has 2 N–H and O–H groups in total. The molecule has 0 bridgehead atoms. The lowest BCUT2D eigenvalue weighted by atomic mass is 9.93. The quantitative estimate of drug-likeness (QED) is 0.650. The number of rotatable bonds is 6. The molecule has 1 fully saturated rings. The number of hydrogen-bond donors (Lipinski definition) is 1. The number of likely N-dealkylation sites (tertiary alicyclic amines) is 1. The van der Waals surface area contributed by atoms with Gasteiger partial charge in [-0.1, -0.05) is 18.2 Å². The molecule has 0 spiro atoms. The number of nitrogens with two attached hydrogens (primary N) is 1. The number of amides is 1. The molecule has 0 atom stereocenters. The second kappa shape index (κ2) is 9.42. The van der Waals surface area contributed by atoms with Gasteiger partial charge in [-0.05, 0) is 44.0 Å². The van der Waals surface area contributed by atoms with Crippen LogP contribution in [0.25, 0.3) is 0 Å². The summed E-state index contributed by atoms with van der Waals surface area (Å²) in [4.78, 5) is 19.2. The number of carbonyl (C=O) groups is 1. The van der Waals surface area contributed by atoms with Crippen molar-refractivity contribution in [2.45, 2.75) is 25.7 Å². The van der Waals surface area contributed by atoms with Gasteiger partial charge in [-0.15, -0.1) is 5.10 Å². The van der Waals surface area contributed by atoms with Crippen molar-refractivity contribution in [3.63, 3.8) is 0 Å². The predicted molar refractivity (Wildman–Crippen MR) is 116 cm³/mol. The summed E-state index contributed by atoms with van der Waals surface area (Å²) in [5.74, 6) is 2.21. The fraction of sp³-hybridized carbons (Fsp3) is 0.304. The van der Waals surface area contributed by atoms with Crippen LogP contribution in [0.15, 0.2) is 54.7 Å². The zero-order valence-electron chi connectivity index (χ0n) is 17.4. The summed E-state index contributed by atoms with van der Waals surface area (Å²) in [7, 11) is 0. The molecule has 1 aliphatic heterocycles. The second-order valence-electron chi connectivity index (χ2n) is 7.31. The van der Waals surface area contributed by atoms with Crippen LogP contribution in [0.4, 0.5) is 5.82 Å². The Morgan fingerprint density at radius 3 is 2.55 bits per heavy atom. The molecule has 8 heteroatoms. The fourth-order valence-electron chi connectivity index (χ4n) is 3.61. The predicted octanol–water partition coefficient (Wildman–Crippen LogP) is 3.66. The number of ether oxygens (including phenoxy) is 2. The summed E-state index contributed by atoms with van der Waals surface area (Å²) in [6.45, 7) is 3.60. The first kappa shape index (κ1) is 20.6. The Hall–Kier alpha value is -3.68. The number of piperidine rings is 1. The third-order valence-corrected chi connectivity index (χ3v) is 5.23. The van der Waals surface area contributed by atoms with Gasteiger partial charge in [0.25, 0.3) is 5.91 Å². The van der Waals surface area contributed by atoms with E-state index >= 15 is 0 Å². The maximum absolute atomic E-state index is 13.0. The van der Waals surface area contributed by atoms with E-state index < -0.39 is 0 Å². The van der Waals surface area contributed by atoms with Gasteiger partial charge in [-0.25, -0.2) is 4.98 Å². The molecule has 31 heavy (non-hydrogen) atoms. The lowest BCUT2D eigenvalue weighted by molar-refractivity contribution is 0.0705. The molecule has 3 heterocycles. The lowest BCUT2D eigenvalue weighted by Crippen LogP contribution is -2.38. The number of pyridine rings is 1. The van der Waals surface area contributed by atoms with Crippen LogP contribution in [0.3, 0.4) is 0 Å². The molecule has 8 nitrogen and oxygen atoms in total. The molecule has 0 radical (unpaired) electrons. The van der Waals surface area contributed by atoms with Crippen LogP contribution < -0.4 is 15.2 Å². The summed E-state index contributed by atoms with van der Waals surface area (Å²) in [5.41, 5.74) is 6.88. The van der Waals surface area contributed by atoms with Crippen molar-refractivity contribution in [3.8, 4) is 17.2 Å². The highest BCUT2D eigenvalue weighted by molar-refractivity contribution is 5.93. The Morgan fingerprint density at radius 1 is 1.10 bits per heavy atom. The van der Waals surface area contributed by atoms with Crippen LogP contribution in [0.2, 0.25) is 0 Å². The Labute approximate surface area is 181 Å². The number of nitrogens with zero attached hydrogens (tertiary/aromatic N) is 4. The van der Waals surface area contributed by atoms with Crippen LogP contribution in [-0.4, -0.2) is 45.7 Å². The van der Waals surface area contributed by atoms with Gasteiger partial charge in [0, 0.05) is 25.1 Å². The van der Waals surface area contributed by atoms with Gasteiger partial charge in [-0.2, -0.15) is 5.10 Å². The Kier molecular flexibility index (Phi) is 6.26. The molecule has 1 saturated heterocycles. The van der Waals surface area contributed by atoms with Crippen LogP contribution in [0, 0.1) is 0 Å². The summed E-state index contributed by atoms with van der Waals surface area (Å²) >= 11 is 0. The van der Waals surface area contributed by atoms with E-state index in [2.05, 4.69) is 15.2 Å². The molecular weight excluding hydrogens is 394 g/mol. The number of nitrogen functional groups attached to an aromatic ring is 1. The van der Waals surface area contributed by atoms with Crippen molar-refractivity contribution < 1.29 is 14.3 Å². The molecule has 2 aromatic heterocycles. The number of benzene rings is 1. The Balaban J connectivity index is 1.44. The number of hydrogen-bond acceptors (Lipinski definition) is 7. The van der Waals surface area contributed by atoms with Gasteiger partial charge in [0.05, 0.1) is 18.5 Å². The maximum atomic E-state index is 13.0. The highest BCUT2D eigenvalue weighted by Gasteiger charge is 2.27. The molecule has 0 unspecified atom stereocenters. The first-order valence-corrected chi connectivity index (χ1v) is 10.4. The van der Waals surface area contributed by atoms with E-state index in [1.807, 2.05) is 48.2 Å². The molecule has 4 rings (SSSR count). The van der Waals surface area contributed by atoms with Gasteiger partial charge in [0.1, 0.15) is 17.3 Å². The zero-order valence-corrected chi connectivity index (χ0v) is 17.4. The van der Waals surface area contributed by atoms with Gasteiger partial charge in [-0.3, -0.25) is 4.79 Å². The Morgan fingerprint density at radius 2 is 1.87 bits per heavy atom. The third kappa shape index (κ3) is 4.91. The van der Waals surface area contributed by atoms with Crippen LogP contribution >= 0.6 is 0 Å². The highest BCUT2D eigenvalue weighted by atomic mass is 16.5. The molecule has 0 saturated carbocycles. The van der Waals surface area contributed by atoms with Crippen molar-refractivity contribution in [2.24, 2.45) is 0 Å². The van der Waals surface area contributed by atoms with Gasteiger partial charge in [0.15, 0.2) is 11.5 Å². The van der Waals surface area contributed by atoms with E-state index in [9.17, 15) is 4.79 Å². The van der Waals surface area contributed by atoms with E-state index in [0.717, 1.165) is 18.5 Å². The van der Waals surface area contributed by atoms with Crippen LogP contribution in [0.5, 0.6) is 17.2 Å². The monoisotopic (exact) mass is 419 g/mol. The van der Waals surface area contributed by atoms with E-state index in [0.29, 0.717) is 48.5 Å². The standard InChI is InChI=1S/C23H25N5O3/c1-2-30-20-14-19(25-15-21(20)31-17-6-4-3-5-7-17)23(29)28-12-10-16(11-13-28)18-8-9-22(24)27-26-18/h3-9,14-16H,2,10-13H2,1H3,(H2,24,27).